The van der Waals surface area contributed by atoms with E-state index in [1.54, 1.807) is 6.92 Å². The van der Waals surface area contributed by atoms with Gasteiger partial charge in [-0.05, 0) is 18.9 Å². The molecule has 0 aliphatic rings. The molecule has 1 aromatic carbocycles. The smallest absolute Gasteiger partial charge is 0.217 e. The standard InChI is InChI=1S/C13H14N2OS2/c1-13(9-14,8-7-11(15)16)18-12(17)10-5-3-2-4-6-10/h2-6H,7-8H2,1H3,(H2,15,16). The largest absolute Gasteiger partial charge is 0.370 e. The molecule has 2 N–H and O–H groups in total. The van der Waals surface area contributed by atoms with Crippen molar-refractivity contribution in [1.82, 2.24) is 0 Å². The molecule has 0 radical (unpaired) electrons. The molecule has 94 valence electrons. The van der Waals surface area contributed by atoms with Crippen LogP contribution in [-0.4, -0.2) is 14.9 Å². The first-order valence-electron chi connectivity index (χ1n) is 5.45. The molecule has 0 fully saturated rings. The lowest BCUT2D eigenvalue weighted by Gasteiger charge is -2.20. The Kier molecular flexibility index (Phi) is 5.32. The fourth-order valence-electron chi connectivity index (χ4n) is 1.33. The van der Waals surface area contributed by atoms with Crippen LogP contribution < -0.4 is 5.73 Å². The fourth-order valence-corrected chi connectivity index (χ4v) is 2.93. The van der Waals surface area contributed by atoms with Crippen LogP contribution in [0.4, 0.5) is 0 Å². The maximum absolute atomic E-state index is 10.8. The van der Waals surface area contributed by atoms with Crippen LogP contribution in [0.15, 0.2) is 30.3 Å². The summed E-state index contributed by atoms with van der Waals surface area (Å²) >= 11 is 6.62. The van der Waals surface area contributed by atoms with Crippen LogP contribution in [0.3, 0.4) is 0 Å². The molecule has 0 spiro atoms. The molecule has 3 nitrogen and oxygen atoms in total. The number of hydrogen-bond donors (Lipinski definition) is 1. The van der Waals surface area contributed by atoms with Crippen LogP contribution in [0.2, 0.25) is 0 Å². The van der Waals surface area contributed by atoms with Gasteiger partial charge in [-0.2, -0.15) is 5.26 Å². The Hall–Kier alpha value is -1.38. The summed E-state index contributed by atoms with van der Waals surface area (Å²) in [6, 6.07) is 11.7. The van der Waals surface area contributed by atoms with Crippen LogP contribution in [-0.2, 0) is 4.79 Å². The van der Waals surface area contributed by atoms with Crippen molar-refractivity contribution in [3.8, 4) is 6.07 Å². The van der Waals surface area contributed by atoms with Gasteiger partial charge in [0, 0.05) is 6.42 Å². The lowest BCUT2D eigenvalue weighted by atomic mass is 10.1. The highest BCUT2D eigenvalue weighted by Gasteiger charge is 2.27. The zero-order valence-electron chi connectivity index (χ0n) is 10.1. The van der Waals surface area contributed by atoms with E-state index in [9.17, 15) is 10.1 Å². The third-order valence-corrected chi connectivity index (χ3v) is 4.07. The summed E-state index contributed by atoms with van der Waals surface area (Å²) in [7, 11) is 0. The van der Waals surface area contributed by atoms with Crippen molar-refractivity contribution in [3.05, 3.63) is 35.9 Å². The average molecular weight is 278 g/mol. The van der Waals surface area contributed by atoms with Gasteiger partial charge in [-0.3, -0.25) is 4.79 Å². The number of benzene rings is 1. The number of nitriles is 1. The Bertz CT molecular complexity index is 482. The van der Waals surface area contributed by atoms with Crippen LogP contribution in [0.5, 0.6) is 0 Å². The summed E-state index contributed by atoms with van der Waals surface area (Å²) in [6.45, 7) is 1.77. The topological polar surface area (TPSA) is 66.9 Å². The Morgan fingerprint density at radius 2 is 2.11 bits per heavy atom. The van der Waals surface area contributed by atoms with Crippen LogP contribution in [0.1, 0.15) is 25.3 Å². The molecular weight excluding hydrogens is 264 g/mol. The first-order valence-corrected chi connectivity index (χ1v) is 6.67. The van der Waals surface area contributed by atoms with E-state index < -0.39 is 10.7 Å². The number of nitrogens with two attached hydrogens (primary N) is 1. The molecule has 0 aliphatic heterocycles. The van der Waals surface area contributed by atoms with Gasteiger partial charge in [-0.25, -0.2) is 0 Å². The number of primary amides is 1. The van der Waals surface area contributed by atoms with E-state index in [1.165, 1.54) is 11.8 Å². The van der Waals surface area contributed by atoms with Gasteiger partial charge >= 0.3 is 0 Å². The normalized spacial score (nSPS) is 13.3. The van der Waals surface area contributed by atoms with Gasteiger partial charge in [0.25, 0.3) is 0 Å². The van der Waals surface area contributed by atoms with Crippen molar-refractivity contribution in [3.63, 3.8) is 0 Å². The Morgan fingerprint density at radius 3 is 2.61 bits per heavy atom. The summed E-state index contributed by atoms with van der Waals surface area (Å²) < 4.78 is -0.0637. The lowest BCUT2D eigenvalue weighted by molar-refractivity contribution is -0.118. The van der Waals surface area contributed by atoms with Gasteiger partial charge in [0.1, 0.15) is 4.75 Å². The minimum absolute atomic E-state index is 0.189. The molecule has 0 bridgehead atoms. The van der Waals surface area contributed by atoms with E-state index in [0.29, 0.717) is 10.6 Å². The number of hydrogen-bond acceptors (Lipinski definition) is 4. The second-order valence-electron chi connectivity index (χ2n) is 4.06. The van der Waals surface area contributed by atoms with Gasteiger partial charge in [-0.1, -0.05) is 54.3 Å². The number of thioether (sulfide) groups is 1. The average Bonchev–Trinajstić information content (AvgIpc) is 2.37. The van der Waals surface area contributed by atoms with Crippen molar-refractivity contribution in [2.45, 2.75) is 24.5 Å². The van der Waals surface area contributed by atoms with Crippen molar-refractivity contribution in [1.29, 1.82) is 5.26 Å². The van der Waals surface area contributed by atoms with E-state index in [2.05, 4.69) is 6.07 Å². The fraction of sp³-hybridized carbons (Fsp3) is 0.308. The highest BCUT2D eigenvalue weighted by Crippen LogP contribution is 2.32. The first kappa shape index (κ1) is 14.7. The quantitative estimate of drug-likeness (QED) is 0.841. The number of nitrogens with zero attached hydrogens (tertiary/aromatic N) is 1. The zero-order chi connectivity index (χ0) is 13.6. The predicted molar refractivity (Wildman–Crippen MR) is 78.2 cm³/mol. The second-order valence-corrected chi connectivity index (χ2v) is 6.24. The third-order valence-electron chi connectivity index (χ3n) is 2.41. The molecule has 1 unspecified atom stereocenters. The molecule has 1 amide bonds. The Balaban J connectivity index is 2.72. The Morgan fingerprint density at radius 1 is 1.50 bits per heavy atom. The monoisotopic (exact) mass is 278 g/mol. The minimum Gasteiger partial charge on any atom is -0.370 e. The summed E-state index contributed by atoms with van der Waals surface area (Å²) in [5.41, 5.74) is 6.02. The zero-order valence-corrected chi connectivity index (χ0v) is 11.7. The van der Waals surface area contributed by atoms with Crippen LogP contribution in [0, 0.1) is 11.3 Å². The number of carbonyl (C=O) groups excluding carboxylic acids is 1. The maximum Gasteiger partial charge on any atom is 0.217 e. The van der Waals surface area contributed by atoms with Gasteiger partial charge in [0.15, 0.2) is 0 Å². The van der Waals surface area contributed by atoms with Gasteiger partial charge in [0.05, 0.1) is 10.3 Å². The molecule has 0 heterocycles. The predicted octanol–water partition coefficient (Wildman–Crippen LogP) is 2.64. The number of carbonyl (C=O) groups is 1. The number of amides is 1. The molecule has 1 atom stereocenters. The molecule has 0 saturated carbocycles. The molecule has 5 heteroatoms. The van der Waals surface area contributed by atoms with E-state index in [4.69, 9.17) is 18.0 Å². The third kappa shape index (κ3) is 4.47. The number of thiocarbonyl (C=S) groups is 1. The lowest BCUT2D eigenvalue weighted by Crippen LogP contribution is -2.23. The SMILES string of the molecule is CC(C#N)(CCC(N)=O)SC(=S)c1ccccc1. The molecule has 18 heavy (non-hydrogen) atoms. The summed E-state index contributed by atoms with van der Waals surface area (Å²) in [4.78, 5) is 10.8. The van der Waals surface area contributed by atoms with Crippen molar-refractivity contribution in [2.75, 3.05) is 0 Å². The van der Waals surface area contributed by atoms with E-state index in [0.717, 1.165) is 5.56 Å². The van der Waals surface area contributed by atoms with Crippen LogP contribution >= 0.6 is 24.0 Å². The summed E-state index contributed by atoms with van der Waals surface area (Å²) in [6.07, 6.45) is 0.588. The number of rotatable bonds is 5. The van der Waals surface area contributed by atoms with Gasteiger partial charge in [-0.15, -0.1) is 0 Å². The molecule has 0 aromatic heterocycles. The van der Waals surface area contributed by atoms with Crippen LogP contribution in [0.25, 0.3) is 0 Å². The molecule has 1 rings (SSSR count). The minimum atomic E-state index is -0.720. The summed E-state index contributed by atoms with van der Waals surface area (Å²) in [5.74, 6) is -0.400. The van der Waals surface area contributed by atoms with Crippen molar-refractivity contribution in [2.24, 2.45) is 5.73 Å². The van der Waals surface area contributed by atoms with E-state index in [-0.39, 0.29) is 6.42 Å². The molecule has 1 aromatic rings. The van der Waals surface area contributed by atoms with E-state index in [1.807, 2.05) is 30.3 Å². The highest BCUT2D eigenvalue weighted by molar-refractivity contribution is 8.24. The highest BCUT2D eigenvalue weighted by atomic mass is 32.2. The molecule has 0 saturated heterocycles. The second kappa shape index (κ2) is 6.53. The van der Waals surface area contributed by atoms with Crippen molar-refractivity contribution >= 4 is 34.1 Å². The summed E-state index contributed by atoms with van der Waals surface area (Å²) in [5, 5.41) is 9.21. The van der Waals surface area contributed by atoms with Gasteiger partial charge in [0.2, 0.25) is 5.91 Å². The van der Waals surface area contributed by atoms with Gasteiger partial charge < -0.3 is 5.73 Å². The van der Waals surface area contributed by atoms with E-state index >= 15 is 0 Å². The maximum atomic E-state index is 10.8. The molecule has 0 aliphatic carbocycles. The molecular formula is C13H14N2OS2. The van der Waals surface area contributed by atoms with Crippen molar-refractivity contribution < 1.29 is 4.79 Å². The first-order chi connectivity index (χ1) is 8.47. The Labute approximate surface area is 116 Å².